The van der Waals surface area contributed by atoms with Crippen molar-refractivity contribution in [3.8, 4) is 0 Å². The van der Waals surface area contributed by atoms with Gasteiger partial charge in [-0.3, -0.25) is 0 Å². The van der Waals surface area contributed by atoms with Crippen LogP contribution in [0, 0.1) is 11.6 Å². The van der Waals surface area contributed by atoms with E-state index in [9.17, 15) is 8.78 Å². The minimum absolute atomic E-state index is 0.127. The van der Waals surface area contributed by atoms with E-state index < -0.39 is 11.6 Å². The standard InChI is InChI=1S/C13H14F2N2O2/c14-10-5-4-9(11(15)8-10)7-12-16-13(19-17-12)3-1-2-6-18/h4-5,8,18H,1-3,6-7H2. The molecule has 0 saturated carbocycles. The van der Waals surface area contributed by atoms with Crippen LogP contribution in [0.25, 0.3) is 0 Å². The third-order valence-electron chi connectivity index (χ3n) is 2.67. The van der Waals surface area contributed by atoms with Crippen LogP contribution in [0.2, 0.25) is 0 Å². The summed E-state index contributed by atoms with van der Waals surface area (Å²) in [5.74, 6) is -0.402. The first-order valence-corrected chi connectivity index (χ1v) is 6.05. The molecule has 0 aliphatic heterocycles. The summed E-state index contributed by atoms with van der Waals surface area (Å²) in [7, 11) is 0. The van der Waals surface area contributed by atoms with Crippen LogP contribution >= 0.6 is 0 Å². The molecule has 6 heteroatoms. The van der Waals surface area contributed by atoms with E-state index in [0.717, 1.165) is 12.5 Å². The first-order chi connectivity index (χ1) is 9.19. The van der Waals surface area contributed by atoms with Crippen molar-refractivity contribution < 1.29 is 18.4 Å². The number of halogens is 2. The molecule has 1 N–H and O–H groups in total. The van der Waals surface area contributed by atoms with Crippen LogP contribution in [0.5, 0.6) is 0 Å². The van der Waals surface area contributed by atoms with Crippen LogP contribution < -0.4 is 0 Å². The third kappa shape index (κ3) is 3.82. The van der Waals surface area contributed by atoms with E-state index in [4.69, 9.17) is 9.63 Å². The Kier molecular flexibility index (Phi) is 4.57. The number of hydrogen-bond donors (Lipinski definition) is 1. The Morgan fingerprint density at radius 2 is 2.05 bits per heavy atom. The van der Waals surface area contributed by atoms with Gasteiger partial charge in [-0.05, 0) is 24.5 Å². The SMILES string of the molecule is OCCCCc1nc(Cc2ccc(F)cc2F)no1. The van der Waals surface area contributed by atoms with Crippen molar-refractivity contribution in [3.63, 3.8) is 0 Å². The molecule has 0 fully saturated rings. The Morgan fingerprint density at radius 3 is 2.79 bits per heavy atom. The third-order valence-corrected chi connectivity index (χ3v) is 2.67. The topological polar surface area (TPSA) is 59.2 Å². The predicted molar refractivity (Wildman–Crippen MR) is 63.5 cm³/mol. The molecule has 0 atom stereocenters. The van der Waals surface area contributed by atoms with Crippen molar-refractivity contribution in [2.24, 2.45) is 0 Å². The summed E-state index contributed by atoms with van der Waals surface area (Å²) in [5.41, 5.74) is 0.323. The van der Waals surface area contributed by atoms with E-state index in [2.05, 4.69) is 10.1 Å². The molecular formula is C13H14F2N2O2. The molecule has 0 bridgehead atoms. The molecular weight excluding hydrogens is 254 g/mol. The van der Waals surface area contributed by atoms with Gasteiger partial charge in [-0.2, -0.15) is 4.98 Å². The molecule has 4 nitrogen and oxygen atoms in total. The average molecular weight is 268 g/mol. The largest absolute Gasteiger partial charge is 0.396 e. The second-order valence-electron chi connectivity index (χ2n) is 4.20. The fourth-order valence-corrected chi connectivity index (χ4v) is 1.69. The summed E-state index contributed by atoms with van der Waals surface area (Å²) in [5, 5.41) is 12.4. The maximum Gasteiger partial charge on any atom is 0.226 e. The molecule has 0 saturated heterocycles. The van der Waals surface area contributed by atoms with Gasteiger partial charge in [0.25, 0.3) is 0 Å². The molecule has 0 amide bonds. The number of aromatic nitrogens is 2. The zero-order valence-corrected chi connectivity index (χ0v) is 10.3. The molecule has 0 unspecified atom stereocenters. The van der Waals surface area contributed by atoms with Crippen molar-refractivity contribution >= 4 is 0 Å². The predicted octanol–water partition coefficient (Wildman–Crippen LogP) is 2.25. The summed E-state index contributed by atoms with van der Waals surface area (Å²) in [6, 6.07) is 3.39. The van der Waals surface area contributed by atoms with Gasteiger partial charge in [0.15, 0.2) is 5.82 Å². The monoisotopic (exact) mass is 268 g/mol. The number of aliphatic hydroxyl groups is 1. The molecule has 1 aromatic heterocycles. The lowest BCUT2D eigenvalue weighted by Gasteiger charge is -1.99. The van der Waals surface area contributed by atoms with Gasteiger partial charge >= 0.3 is 0 Å². The second-order valence-corrected chi connectivity index (χ2v) is 4.20. The van der Waals surface area contributed by atoms with Crippen molar-refractivity contribution in [1.82, 2.24) is 10.1 Å². The minimum atomic E-state index is -0.619. The van der Waals surface area contributed by atoms with Crippen molar-refractivity contribution in [3.05, 3.63) is 47.1 Å². The summed E-state index contributed by atoms with van der Waals surface area (Å²) >= 11 is 0. The fourth-order valence-electron chi connectivity index (χ4n) is 1.69. The van der Waals surface area contributed by atoms with Crippen LogP contribution in [0.4, 0.5) is 8.78 Å². The molecule has 0 aliphatic carbocycles. The van der Waals surface area contributed by atoms with Gasteiger partial charge in [0.05, 0.1) is 0 Å². The molecule has 0 spiro atoms. The van der Waals surface area contributed by atoms with Gasteiger partial charge < -0.3 is 9.63 Å². The Labute approximate surface area is 109 Å². The lowest BCUT2D eigenvalue weighted by atomic mass is 10.1. The van der Waals surface area contributed by atoms with E-state index in [0.29, 0.717) is 30.1 Å². The quantitative estimate of drug-likeness (QED) is 0.816. The zero-order valence-electron chi connectivity index (χ0n) is 10.3. The van der Waals surface area contributed by atoms with Crippen LogP contribution in [-0.2, 0) is 12.8 Å². The first kappa shape index (κ1) is 13.6. The van der Waals surface area contributed by atoms with E-state index in [1.807, 2.05) is 0 Å². The van der Waals surface area contributed by atoms with Crippen molar-refractivity contribution in [2.45, 2.75) is 25.7 Å². The van der Waals surface area contributed by atoms with Crippen LogP contribution in [0.1, 0.15) is 30.1 Å². The number of rotatable bonds is 6. The Morgan fingerprint density at radius 1 is 1.21 bits per heavy atom. The molecule has 19 heavy (non-hydrogen) atoms. The van der Waals surface area contributed by atoms with E-state index in [1.165, 1.54) is 12.1 Å². The zero-order chi connectivity index (χ0) is 13.7. The molecule has 2 rings (SSSR count). The fraction of sp³-hybridized carbons (Fsp3) is 0.385. The summed E-state index contributed by atoms with van der Waals surface area (Å²) in [4.78, 5) is 4.12. The first-order valence-electron chi connectivity index (χ1n) is 6.05. The molecule has 2 aromatic rings. The number of aliphatic hydroxyl groups excluding tert-OH is 1. The van der Waals surface area contributed by atoms with E-state index >= 15 is 0 Å². The summed E-state index contributed by atoms with van der Waals surface area (Å²) in [6.07, 6.45) is 2.17. The number of nitrogens with zero attached hydrogens (tertiary/aromatic N) is 2. The van der Waals surface area contributed by atoms with E-state index in [-0.39, 0.29) is 13.0 Å². The van der Waals surface area contributed by atoms with Gasteiger partial charge in [0.1, 0.15) is 11.6 Å². The highest BCUT2D eigenvalue weighted by Crippen LogP contribution is 2.13. The lowest BCUT2D eigenvalue weighted by molar-refractivity contribution is 0.280. The molecule has 1 aromatic carbocycles. The highest BCUT2D eigenvalue weighted by Gasteiger charge is 2.10. The Balaban J connectivity index is 1.99. The van der Waals surface area contributed by atoms with Gasteiger partial charge in [-0.15, -0.1) is 0 Å². The number of hydrogen-bond acceptors (Lipinski definition) is 4. The normalized spacial score (nSPS) is 10.9. The van der Waals surface area contributed by atoms with Gasteiger partial charge in [0.2, 0.25) is 5.89 Å². The molecule has 0 radical (unpaired) electrons. The van der Waals surface area contributed by atoms with E-state index in [1.54, 1.807) is 0 Å². The van der Waals surface area contributed by atoms with Crippen LogP contribution in [0.3, 0.4) is 0 Å². The lowest BCUT2D eigenvalue weighted by Crippen LogP contribution is -1.96. The molecule has 1 heterocycles. The molecule has 0 aliphatic rings. The van der Waals surface area contributed by atoms with Crippen LogP contribution in [0.15, 0.2) is 22.7 Å². The van der Waals surface area contributed by atoms with Crippen LogP contribution in [-0.4, -0.2) is 21.9 Å². The Bertz CT molecular complexity index is 543. The summed E-state index contributed by atoms with van der Waals surface area (Å²) in [6.45, 7) is 0.127. The maximum atomic E-state index is 13.4. The Hall–Kier alpha value is -1.82. The van der Waals surface area contributed by atoms with Crippen molar-refractivity contribution in [2.75, 3.05) is 6.61 Å². The summed E-state index contributed by atoms with van der Waals surface area (Å²) < 4.78 is 31.2. The highest BCUT2D eigenvalue weighted by molar-refractivity contribution is 5.21. The van der Waals surface area contributed by atoms with Crippen molar-refractivity contribution in [1.29, 1.82) is 0 Å². The number of unbranched alkanes of at least 4 members (excludes halogenated alkanes) is 1. The number of benzene rings is 1. The second kappa shape index (κ2) is 6.38. The smallest absolute Gasteiger partial charge is 0.226 e. The number of aryl methyl sites for hydroxylation is 1. The average Bonchev–Trinajstić information content (AvgIpc) is 2.81. The highest BCUT2D eigenvalue weighted by atomic mass is 19.1. The minimum Gasteiger partial charge on any atom is -0.396 e. The van der Waals surface area contributed by atoms with Gasteiger partial charge in [0, 0.05) is 25.5 Å². The van der Waals surface area contributed by atoms with Gasteiger partial charge in [-0.1, -0.05) is 11.2 Å². The maximum absolute atomic E-state index is 13.4. The molecule has 102 valence electrons. The van der Waals surface area contributed by atoms with Gasteiger partial charge in [-0.25, -0.2) is 8.78 Å².